The molecule has 114 valence electrons. The molecule has 0 bridgehead atoms. The molecule has 3 N–H and O–H groups in total. The Labute approximate surface area is 135 Å². The van der Waals surface area contributed by atoms with Crippen molar-refractivity contribution in [3.05, 3.63) is 54.6 Å². The van der Waals surface area contributed by atoms with Gasteiger partial charge in [0.25, 0.3) is 5.91 Å². The minimum atomic E-state index is -0.255. The normalized spacial score (nSPS) is 12.4. The molecule has 0 saturated heterocycles. The molecule has 0 radical (unpaired) electrons. The van der Waals surface area contributed by atoms with Gasteiger partial charge in [-0.15, -0.1) is 10.2 Å². The van der Waals surface area contributed by atoms with Crippen molar-refractivity contribution in [3.8, 4) is 10.8 Å². The van der Waals surface area contributed by atoms with Crippen LogP contribution in [0.2, 0.25) is 0 Å². The standard InChI is InChI=1S/C15H11N5O2S/c1-8-16-10-5-4-9(7-11(10)17-8)13(21)18-15-20-19-14(23-15)12-3-2-6-22-12/h2-7,16-17H,1H2,(H,18,20,21). The number of rotatable bonds is 3. The zero-order valence-corrected chi connectivity index (χ0v) is 12.6. The van der Waals surface area contributed by atoms with Crippen LogP contribution in [0.15, 0.2) is 53.4 Å². The van der Waals surface area contributed by atoms with Crippen LogP contribution in [0.25, 0.3) is 10.8 Å². The van der Waals surface area contributed by atoms with Crippen molar-refractivity contribution in [2.24, 2.45) is 0 Å². The lowest BCUT2D eigenvalue weighted by Gasteiger charge is -2.03. The summed E-state index contributed by atoms with van der Waals surface area (Å²) >= 11 is 1.25. The Morgan fingerprint density at radius 3 is 2.91 bits per heavy atom. The highest BCUT2D eigenvalue weighted by Crippen LogP contribution is 2.31. The highest BCUT2D eigenvalue weighted by Gasteiger charge is 2.17. The van der Waals surface area contributed by atoms with Gasteiger partial charge < -0.3 is 15.1 Å². The van der Waals surface area contributed by atoms with Crippen molar-refractivity contribution in [2.75, 3.05) is 16.0 Å². The minimum absolute atomic E-state index is 0.255. The lowest BCUT2D eigenvalue weighted by molar-refractivity contribution is 0.102. The highest BCUT2D eigenvalue weighted by molar-refractivity contribution is 7.18. The maximum atomic E-state index is 12.3. The SMILES string of the molecule is C=C1Nc2ccc(C(=O)Nc3nnc(-c4ccco4)s3)cc2N1. The van der Waals surface area contributed by atoms with Gasteiger partial charge in [0, 0.05) is 5.56 Å². The van der Waals surface area contributed by atoms with E-state index >= 15 is 0 Å². The van der Waals surface area contributed by atoms with E-state index < -0.39 is 0 Å². The third kappa shape index (κ3) is 2.55. The Morgan fingerprint density at radius 1 is 1.22 bits per heavy atom. The van der Waals surface area contributed by atoms with Crippen LogP contribution < -0.4 is 16.0 Å². The number of nitrogens with zero attached hydrogens (tertiary/aromatic N) is 2. The molecule has 3 aromatic rings. The fourth-order valence-corrected chi connectivity index (χ4v) is 2.90. The molecule has 0 unspecified atom stereocenters. The summed E-state index contributed by atoms with van der Waals surface area (Å²) in [4.78, 5) is 12.3. The molecular formula is C15H11N5O2S. The van der Waals surface area contributed by atoms with Crippen molar-refractivity contribution in [2.45, 2.75) is 0 Å². The van der Waals surface area contributed by atoms with E-state index in [1.165, 1.54) is 11.3 Å². The first-order valence-corrected chi connectivity index (χ1v) is 7.56. The molecule has 3 heterocycles. The van der Waals surface area contributed by atoms with Gasteiger partial charge in [0.1, 0.15) is 5.82 Å². The van der Waals surface area contributed by atoms with E-state index in [0.717, 1.165) is 11.4 Å². The highest BCUT2D eigenvalue weighted by atomic mass is 32.1. The summed E-state index contributed by atoms with van der Waals surface area (Å²) in [6.07, 6.45) is 1.56. The van der Waals surface area contributed by atoms with Crippen molar-refractivity contribution < 1.29 is 9.21 Å². The zero-order chi connectivity index (χ0) is 15.8. The second-order valence-electron chi connectivity index (χ2n) is 4.83. The Balaban J connectivity index is 1.52. The molecule has 0 atom stereocenters. The predicted octanol–water partition coefficient (Wildman–Crippen LogP) is 3.36. The van der Waals surface area contributed by atoms with Gasteiger partial charge in [0.15, 0.2) is 10.8 Å². The number of hydrogen-bond acceptors (Lipinski definition) is 7. The predicted molar refractivity (Wildman–Crippen MR) is 88.4 cm³/mol. The van der Waals surface area contributed by atoms with Gasteiger partial charge in [0.05, 0.1) is 17.6 Å². The van der Waals surface area contributed by atoms with Gasteiger partial charge in [-0.3, -0.25) is 10.1 Å². The molecule has 1 aromatic carbocycles. The van der Waals surface area contributed by atoms with E-state index in [-0.39, 0.29) is 5.91 Å². The third-order valence-electron chi connectivity index (χ3n) is 3.23. The van der Waals surface area contributed by atoms with Crippen LogP contribution >= 0.6 is 11.3 Å². The molecule has 0 saturated carbocycles. The number of carbonyl (C=O) groups excluding carboxylic acids is 1. The molecule has 1 aliphatic rings. The first-order valence-electron chi connectivity index (χ1n) is 6.75. The molecular weight excluding hydrogens is 314 g/mol. The topological polar surface area (TPSA) is 92.1 Å². The molecule has 4 rings (SSSR count). The van der Waals surface area contributed by atoms with Crippen LogP contribution in [0.4, 0.5) is 16.5 Å². The number of fused-ring (bicyclic) bond motifs is 1. The monoisotopic (exact) mass is 325 g/mol. The molecule has 1 aliphatic heterocycles. The van der Waals surface area contributed by atoms with Crippen LogP contribution in [0.3, 0.4) is 0 Å². The molecule has 2 aromatic heterocycles. The second kappa shape index (κ2) is 5.25. The summed E-state index contributed by atoms with van der Waals surface area (Å²) in [7, 11) is 0. The quantitative estimate of drug-likeness (QED) is 0.684. The largest absolute Gasteiger partial charge is 0.462 e. The van der Waals surface area contributed by atoms with Crippen molar-refractivity contribution in [3.63, 3.8) is 0 Å². The minimum Gasteiger partial charge on any atom is -0.462 e. The lowest BCUT2D eigenvalue weighted by atomic mass is 10.1. The van der Waals surface area contributed by atoms with Crippen molar-refractivity contribution in [1.82, 2.24) is 10.2 Å². The van der Waals surface area contributed by atoms with Gasteiger partial charge >= 0.3 is 0 Å². The van der Waals surface area contributed by atoms with Crippen LogP contribution in [-0.4, -0.2) is 16.1 Å². The van der Waals surface area contributed by atoms with Crippen LogP contribution in [0, 0.1) is 0 Å². The Kier molecular flexibility index (Phi) is 3.09. The van der Waals surface area contributed by atoms with Gasteiger partial charge in [-0.2, -0.15) is 0 Å². The average molecular weight is 325 g/mol. The second-order valence-corrected chi connectivity index (χ2v) is 5.81. The van der Waals surface area contributed by atoms with Crippen LogP contribution in [0.5, 0.6) is 0 Å². The van der Waals surface area contributed by atoms with E-state index in [2.05, 4.69) is 32.7 Å². The summed E-state index contributed by atoms with van der Waals surface area (Å²) in [6.45, 7) is 3.79. The van der Waals surface area contributed by atoms with E-state index in [4.69, 9.17) is 4.42 Å². The Morgan fingerprint density at radius 2 is 2.09 bits per heavy atom. The Hall–Kier alpha value is -3.13. The number of furan rings is 1. The summed E-state index contributed by atoms with van der Waals surface area (Å²) in [6, 6.07) is 8.87. The number of amides is 1. The number of carbonyl (C=O) groups is 1. The molecule has 23 heavy (non-hydrogen) atoms. The number of nitrogens with one attached hydrogen (secondary N) is 3. The summed E-state index contributed by atoms with van der Waals surface area (Å²) < 4.78 is 5.25. The number of aromatic nitrogens is 2. The number of anilines is 3. The fraction of sp³-hybridized carbons (Fsp3) is 0. The van der Waals surface area contributed by atoms with Crippen LogP contribution in [0.1, 0.15) is 10.4 Å². The maximum absolute atomic E-state index is 12.3. The number of benzene rings is 1. The lowest BCUT2D eigenvalue weighted by Crippen LogP contribution is -2.11. The summed E-state index contributed by atoms with van der Waals surface area (Å²) in [5.74, 6) is 1.05. The van der Waals surface area contributed by atoms with Crippen LogP contribution in [-0.2, 0) is 0 Å². The summed E-state index contributed by atoms with van der Waals surface area (Å²) in [5.41, 5.74) is 2.22. The molecule has 0 aliphatic carbocycles. The maximum Gasteiger partial charge on any atom is 0.257 e. The first kappa shape index (κ1) is 13.5. The van der Waals surface area contributed by atoms with E-state index in [0.29, 0.717) is 27.3 Å². The fourth-order valence-electron chi connectivity index (χ4n) is 2.20. The molecule has 7 nitrogen and oxygen atoms in total. The zero-order valence-electron chi connectivity index (χ0n) is 11.8. The van der Waals surface area contributed by atoms with E-state index in [1.54, 1.807) is 30.5 Å². The summed E-state index contributed by atoms with van der Waals surface area (Å²) in [5, 5.41) is 17.8. The van der Waals surface area contributed by atoms with Gasteiger partial charge in [-0.25, -0.2) is 0 Å². The van der Waals surface area contributed by atoms with E-state index in [1.807, 2.05) is 6.07 Å². The van der Waals surface area contributed by atoms with E-state index in [9.17, 15) is 4.79 Å². The van der Waals surface area contributed by atoms with Gasteiger partial charge in [-0.1, -0.05) is 17.9 Å². The van der Waals surface area contributed by atoms with Crippen molar-refractivity contribution >= 4 is 33.8 Å². The average Bonchev–Trinajstić information content (AvgIpc) is 3.25. The molecule has 0 spiro atoms. The third-order valence-corrected chi connectivity index (χ3v) is 4.08. The number of hydrogen-bond donors (Lipinski definition) is 3. The first-order chi connectivity index (χ1) is 11.2. The van der Waals surface area contributed by atoms with Gasteiger partial charge in [0.2, 0.25) is 5.13 Å². The Bertz CT molecular complexity index is 900. The molecule has 0 fully saturated rings. The molecule has 1 amide bonds. The van der Waals surface area contributed by atoms with Gasteiger partial charge in [-0.05, 0) is 30.3 Å². The molecule has 8 heteroatoms. The smallest absolute Gasteiger partial charge is 0.257 e. The van der Waals surface area contributed by atoms with Crippen molar-refractivity contribution in [1.29, 1.82) is 0 Å².